The fourth-order valence-electron chi connectivity index (χ4n) is 1.54. The van der Waals surface area contributed by atoms with E-state index in [0.29, 0.717) is 17.9 Å². The van der Waals surface area contributed by atoms with Crippen molar-refractivity contribution in [1.82, 2.24) is 4.90 Å². The topological polar surface area (TPSA) is 75.8 Å². The van der Waals surface area contributed by atoms with Crippen molar-refractivity contribution >= 4 is 5.91 Å². The first-order chi connectivity index (χ1) is 8.45. The quantitative estimate of drug-likeness (QED) is 0.826. The van der Waals surface area contributed by atoms with Crippen LogP contribution in [-0.2, 0) is 0 Å². The minimum absolute atomic E-state index is 0.0380. The van der Waals surface area contributed by atoms with Crippen molar-refractivity contribution in [1.29, 1.82) is 0 Å². The van der Waals surface area contributed by atoms with Gasteiger partial charge in [-0.05, 0) is 31.5 Å². The third-order valence-electron chi connectivity index (χ3n) is 2.69. The van der Waals surface area contributed by atoms with Crippen LogP contribution in [0, 0.1) is 0 Å². The van der Waals surface area contributed by atoms with E-state index in [1.165, 1.54) is 13.2 Å². The van der Waals surface area contributed by atoms with Crippen molar-refractivity contribution in [3.05, 3.63) is 23.8 Å². The van der Waals surface area contributed by atoms with Gasteiger partial charge in [-0.15, -0.1) is 0 Å². The van der Waals surface area contributed by atoms with E-state index >= 15 is 0 Å². The van der Waals surface area contributed by atoms with E-state index in [9.17, 15) is 9.90 Å². The van der Waals surface area contributed by atoms with Gasteiger partial charge in [0.05, 0.1) is 7.11 Å². The molecule has 0 aliphatic heterocycles. The number of ether oxygens (including phenoxy) is 1. The van der Waals surface area contributed by atoms with E-state index in [4.69, 9.17) is 10.5 Å². The molecule has 0 bridgehead atoms. The first-order valence-corrected chi connectivity index (χ1v) is 5.83. The molecule has 0 saturated heterocycles. The lowest BCUT2D eigenvalue weighted by Gasteiger charge is -2.18. The Morgan fingerprint density at radius 3 is 2.72 bits per heavy atom. The standard InChI is InChI=1S/C13H20N2O3/c1-9(14)6-7-15(2)13(17)10-4-5-12(18-3)11(16)8-10/h4-5,8-9,16H,6-7,14H2,1-3H3. The van der Waals surface area contributed by atoms with E-state index < -0.39 is 0 Å². The van der Waals surface area contributed by atoms with Gasteiger partial charge in [-0.25, -0.2) is 0 Å². The molecule has 0 heterocycles. The Kier molecular flexibility index (Phi) is 4.97. The van der Waals surface area contributed by atoms with E-state index in [1.54, 1.807) is 24.1 Å². The molecule has 0 spiro atoms. The number of phenolic OH excluding ortho intramolecular Hbond substituents is 1. The molecule has 0 aliphatic rings. The van der Waals surface area contributed by atoms with Gasteiger partial charge in [0.2, 0.25) is 0 Å². The molecule has 1 aromatic rings. The average Bonchev–Trinajstić information content (AvgIpc) is 2.34. The highest BCUT2D eigenvalue weighted by molar-refractivity contribution is 5.94. The molecule has 100 valence electrons. The first-order valence-electron chi connectivity index (χ1n) is 5.83. The molecule has 1 amide bonds. The van der Waals surface area contributed by atoms with Crippen LogP contribution < -0.4 is 10.5 Å². The number of carbonyl (C=O) groups excluding carboxylic acids is 1. The summed E-state index contributed by atoms with van der Waals surface area (Å²) in [6.07, 6.45) is 0.740. The molecule has 0 fully saturated rings. The number of rotatable bonds is 5. The summed E-state index contributed by atoms with van der Waals surface area (Å²) in [6, 6.07) is 4.67. The zero-order chi connectivity index (χ0) is 13.7. The van der Waals surface area contributed by atoms with Gasteiger partial charge in [0.1, 0.15) is 0 Å². The number of nitrogens with two attached hydrogens (primary N) is 1. The van der Waals surface area contributed by atoms with Crippen molar-refractivity contribution in [3.63, 3.8) is 0 Å². The molecule has 5 heteroatoms. The zero-order valence-corrected chi connectivity index (χ0v) is 11.0. The Balaban J connectivity index is 2.74. The van der Waals surface area contributed by atoms with Crippen LogP contribution >= 0.6 is 0 Å². The van der Waals surface area contributed by atoms with Crippen molar-refractivity contribution < 1.29 is 14.6 Å². The summed E-state index contributed by atoms with van der Waals surface area (Å²) >= 11 is 0. The Hall–Kier alpha value is -1.75. The summed E-state index contributed by atoms with van der Waals surface area (Å²) in [5.74, 6) is 0.169. The van der Waals surface area contributed by atoms with Crippen LogP contribution in [-0.4, -0.2) is 42.7 Å². The molecule has 1 unspecified atom stereocenters. The lowest BCUT2D eigenvalue weighted by Crippen LogP contribution is -2.31. The summed E-state index contributed by atoms with van der Waals surface area (Å²) in [5.41, 5.74) is 6.08. The molecule has 0 radical (unpaired) electrons. The second-order valence-electron chi connectivity index (χ2n) is 4.38. The average molecular weight is 252 g/mol. The minimum Gasteiger partial charge on any atom is -0.504 e. The van der Waals surface area contributed by atoms with Crippen LogP contribution in [0.2, 0.25) is 0 Å². The molecule has 5 nitrogen and oxygen atoms in total. The van der Waals surface area contributed by atoms with Crippen molar-refractivity contribution in [2.45, 2.75) is 19.4 Å². The number of phenols is 1. The number of carbonyl (C=O) groups is 1. The fourth-order valence-corrected chi connectivity index (χ4v) is 1.54. The molecule has 1 rings (SSSR count). The van der Waals surface area contributed by atoms with Crippen LogP contribution in [0.5, 0.6) is 11.5 Å². The maximum atomic E-state index is 12.0. The number of benzene rings is 1. The van der Waals surface area contributed by atoms with Gasteiger partial charge in [0.25, 0.3) is 5.91 Å². The molecular formula is C13H20N2O3. The Morgan fingerprint density at radius 2 is 2.22 bits per heavy atom. The summed E-state index contributed by atoms with van der Waals surface area (Å²) in [4.78, 5) is 13.6. The lowest BCUT2D eigenvalue weighted by atomic mass is 10.1. The number of aromatic hydroxyl groups is 1. The van der Waals surface area contributed by atoms with Gasteiger partial charge in [-0.1, -0.05) is 0 Å². The second kappa shape index (κ2) is 6.26. The van der Waals surface area contributed by atoms with Gasteiger partial charge in [-0.3, -0.25) is 4.79 Å². The largest absolute Gasteiger partial charge is 0.504 e. The molecule has 1 atom stereocenters. The second-order valence-corrected chi connectivity index (χ2v) is 4.38. The van der Waals surface area contributed by atoms with Crippen LogP contribution in [0.15, 0.2) is 18.2 Å². The van der Waals surface area contributed by atoms with Gasteiger partial charge in [0, 0.05) is 25.2 Å². The van der Waals surface area contributed by atoms with Gasteiger partial charge in [0.15, 0.2) is 11.5 Å². The molecule has 18 heavy (non-hydrogen) atoms. The van der Waals surface area contributed by atoms with E-state index in [1.807, 2.05) is 6.92 Å². The maximum absolute atomic E-state index is 12.0. The molecule has 3 N–H and O–H groups in total. The Labute approximate surface area is 107 Å². The summed E-state index contributed by atoms with van der Waals surface area (Å²) < 4.78 is 4.93. The summed E-state index contributed by atoms with van der Waals surface area (Å²) in [7, 11) is 3.18. The number of nitrogens with zero attached hydrogens (tertiary/aromatic N) is 1. The zero-order valence-electron chi connectivity index (χ0n) is 11.0. The Morgan fingerprint density at radius 1 is 1.56 bits per heavy atom. The van der Waals surface area contributed by atoms with Crippen LogP contribution in [0.4, 0.5) is 0 Å². The highest BCUT2D eigenvalue weighted by Crippen LogP contribution is 2.26. The Bertz CT molecular complexity index is 419. The minimum atomic E-state index is -0.145. The number of hydrogen-bond donors (Lipinski definition) is 2. The van der Waals surface area contributed by atoms with Gasteiger partial charge in [-0.2, -0.15) is 0 Å². The third-order valence-corrected chi connectivity index (χ3v) is 2.69. The van der Waals surface area contributed by atoms with E-state index in [-0.39, 0.29) is 17.7 Å². The van der Waals surface area contributed by atoms with E-state index in [2.05, 4.69) is 0 Å². The molecule has 0 aliphatic carbocycles. The molecule has 0 saturated carbocycles. The van der Waals surface area contributed by atoms with Crippen molar-refractivity contribution in [2.24, 2.45) is 5.73 Å². The highest BCUT2D eigenvalue weighted by Gasteiger charge is 2.14. The van der Waals surface area contributed by atoms with Gasteiger partial charge < -0.3 is 20.5 Å². The first kappa shape index (κ1) is 14.3. The smallest absolute Gasteiger partial charge is 0.253 e. The normalized spacial score (nSPS) is 12.0. The predicted octanol–water partition coefficient (Wildman–Crippen LogP) is 1.21. The maximum Gasteiger partial charge on any atom is 0.253 e. The number of hydrogen-bond acceptors (Lipinski definition) is 4. The predicted molar refractivity (Wildman–Crippen MR) is 69.9 cm³/mol. The van der Waals surface area contributed by atoms with E-state index in [0.717, 1.165) is 6.42 Å². The molecule has 1 aromatic carbocycles. The van der Waals surface area contributed by atoms with Crippen molar-refractivity contribution in [3.8, 4) is 11.5 Å². The SMILES string of the molecule is COc1ccc(C(=O)N(C)CCC(C)N)cc1O. The highest BCUT2D eigenvalue weighted by atomic mass is 16.5. The number of methoxy groups -OCH3 is 1. The molecule has 0 aromatic heterocycles. The third kappa shape index (κ3) is 3.63. The van der Waals surface area contributed by atoms with Crippen LogP contribution in [0.25, 0.3) is 0 Å². The summed E-state index contributed by atoms with van der Waals surface area (Å²) in [5, 5.41) is 9.62. The monoisotopic (exact) mass is 252 g/mol. The lowest BCUT2D eigenvalue weighted by molar-refractivity contribution is 0.0791. The molecular weight excluding hydrogens is 232 g/mol. The summed E-state index contributed by atoms with van der Waals surface area (Å²) in [6.45, 7) is 2.49. The number of amides is 1. The van der Waals surface area contributed by atoms with Crippen LogP contribution in [0.1, 0.15) is 23.7 Å². The van der Waals surface area contributed by atoms with Crippen molar-refractivity contribution in [2.75, 3.05) is 20.7 Å². The fraction of sp³-hybridized carbons (Fsp3) is 0.462. The van der Waals surface area contributed by atoms with Gasteiger partial charge >= 0.3 is 0 Å². The van der Waals surface area contributed by atoms with Crippen LogP contribution in [0.3, 0.4) is 0 Å².